The second-order valence-electron chi connectivity index (χ2n) is 3.64. The maximum atomic E-state index is 11.5. The Bertz CT molecular complexity index is 343. The van der Waals surface area contributed by atoms with Crippen molar-refractivity contribution in [1.29, 1.82) is 0 Å². The Morgan fingerprint density at radius 3 is 2.00 bits per heavy atom. The summed E-state index contributed by atoms with van der Waals surface area (Å²) in [6, 6.07) is -0.808. The van der Waals surface area contributed by atoms with Gasteiger partial charge in [-0.3, -0.25) is 13.8 Å². The Balaban J connectivity index is 4.41. The van der Waals surface area contributed by atoms with Crippen molar-refractivity contribution in [2.75, 3.05) is 25.9 Å². The lowest BCUT2D eigenvalue weighted by Gasteiger charge is -2.20. The summed E-state index contributed by atoms with van der Waals surface area (Å²) in [5, 5.41) is 19.1. The first-order chi connectivity index (χ1) is 8.23. The first kappa shape index (κ1) is 16.4. The summed E-state index contributed by atoms with van der Waals surface area (Å²) < 4.78 is 11.0. The van der Waals surface area contributed by atoms with Gasteiger partial charge in [0, 0.05) is 28.9 Å². The van der Waals surface area contributed by atoms with E-state index in [4.69, 9.17) is 10.2 Å². The van der Waals surface area contributed by atoms with Crippen LogP contribution < -0.4 is 5.32 Å². The third-order valence-electron chi connectivity index (χ3n) is 2.05. The number of nitrogens with zero attached hydrogens (tertiary/aromatic N) is 1. The fourth-order valence-corrected chi connectivity index (χ4v) is 1.30. The molecule has 9 heteroatoms. The van der Waals surface area contributed by atoms with Crippen LogP contribution >= 0.6 is 0 Å². The minimum absolute atomic E-state index is 0.0810. The van der Waals surface area contributed by atoms with Crippen LogP contribution in [0.5, 0.6) is 0 Å². The van der Waals surface area contributed by atoms with Crippen LogP contribution in [0.3, 0.4) is 0 Å². The highest BCUT2D eigenvalue weighted by Gasteiger charge is 2.20. The molecule has 18 heavy (non-hydrogen) atoms. The highest BCUT2D eigenvalue weighted by Crippen LogP contribution is 1.94. The van der Waals surface area contributed by atoms with Crippen LogP contribution in [0.2, 0.25) is 0 Å². The van der Waals surface area contributed by atoms with E-state index >= 15 is 0 Å². The molecule has 0 saturated carbocycles. The summed E-state index contributed by atoms with van der Waals surface area (Å²) in [5.41, 5.74) is 0. The van der Waals surface area contributed by atoms with E-state index in [2.05, 4.69) is 5.32 Å². The molecule has 104 valence electrons. The van der Waals surface area contributed by atoms with Gasteiger partial charge < -0.3 is 20.4 Å². The molecule has 0 aromatic rings. The molecule has 2 unspecified atom stereocenters. The zero-order valence-electron chi connectivity index (χ0n) is 10.1. The van der Waals surface area contributed by atoms with E-state index in [0.717, 1.165) is 0 Å². The van der Waals surface area contributed by atoms with E-state index in [0.29, 0.717) is 4.90 Å². The molecule has 0 saturated heterocycles. The highest BCUT2D eigenvalue weighted by molar-refractivity contribution is 7.84. The number of carbonyl (C=O) groups excluding carboxylic acids is 1. The van der Waals surface area contributed by atoms with Crippen molar-refractivity contribution in [2.24, 2.45) is 0 Å². The first-order valence-corrected chi connectivity index (χ1v) is 6.64. The minimum Gasteiger partial charge on any atom is -0.480 e. The standard InChI is InChI=1S/C9H16N2O6S/c1-6(18(2)17)3-10-9(16)11(4-7(12)13)5-8(14)15/h6H,3-5H2,1-2H3,(H,10,16)(H,12,13)(H,14,15). The third kappa shape index (κ3) is 6.84. The number of carboxylic acids is 2. The molecular weight excluding hydrogens is 264 g/mol. The Labute approximate surface area is 106 Å². The van der Waals surface area contributed by atoms with Crippen LogP contribution in [0.4, 0.5) is 4.79 Å². The van der Waals surface area contributed by atoms with Crippen LogP contribution in [0.1, 0.15) is 6.92 Å². The fraction of sp³-hybridized carbons (Fsp3) is 0.667. The molecule has 0 aliphatic rings. The number of amides is 2. The minimum atomic E-state index is -1.31. The van der Waals surface area contributed by atoms with Crippen LogP contribution in [0, 0.1) is 0 Å². The summed E-state index contributed by atoms with van der Waals surface area (Å²) in [6.07, 6.45) is 1.48. The Morgan fingerprint density at radius 2 is 1.67 bits per heavy atom. The van der Waals surface area contributed by atoms with E-state index in [1.54, 1.807) is 6.92 Å². The summed E-state index contributed by atoms with van der Waals surface area (Å²) in [4.78, 5) is 33.1. The molecular formula is C9H16N2O6S. The van der Waals surface area contributed by atoms with Crippen molar-refractivity contribution < 1.29 is 28.8 Å². The number of aliphatic carboxylic acids is 2. The summed E-state index contributed by atoms with van der Waals surface area (Å²) >= 11 is 0. The van der Waals surface area contributed by atoms with Gasteiger partial charge in [-0.15, -0.1) is 0 Å². The van der Waals surface area contributed by atoms with Gasteiger partial charge in [0.1, 0.15) is 13.1 Å². The fourth-order valence-electron chi connectivity index (χ4n) is 0.986. The second-order valence-corrected chi connectivity index (χ2v) is 5.44. The summed E-state index contributed by atoms with van der Waals surface area (Å²) in [5.74, 6) is -2.61. The van der Waals surface area contributed by atoms with Crippen molar-refractivity contribution in [3.63, 3.8) is 0 Å². The average Bonchev–Trinajstić information content (AvgIpc) is 2.22. The van der Waals surface area contributed by atoms with Gasteiger partial charge in [-0.1, -0.05) is 0 Å². The molecule has 0 radical (unpaired) electrons. The van der Waals surface area contributed by atoms with E-state index in [9.17, 15) is 18.6 Å². The number of nitrogens with one attached hydrogen (secondary N) is 1. The lowest BCUT2D eigenvalue weighted by Crippen LogP contribution is -2.47. The van der Waals surface area contributed by atoms with Crippen LogP contribution in [0.25, 0.3) is 0 Å². The van der Waals surface area contributed by atoms with Crippen LogP contribution in [-0.2, 0) is 20.4 Å². The molecule has 3 N–H and O–H groups in total. The van der Waals surface area contributed by atoms with Crippen molar-refractivity contribution in [1.82, 2.24) is 10.2 Å². The highest BCUT2D eigenvalue weighted by atomic mass is 32.2. The monoisotopic (exact) mass is 280 g/mol. The van der Waals surface area contributed by atoms with Crippen LogP contribution in [0.15, 0.2) is 0 Å². The van der Waals surface area contributed by atoms with Gasteiger partial charge in [-0.2, -0.15) is 0 Å². The molecule has 2 atom stereocenters. The van der Waals surface area contributed by atoms with Gasteiger partial charge in [0.15, 0.2) is 0 Å². The quantitative estimate of drug-likeness (QED) is 0.545. The number of urea groups is 1. The maximum Gasteiger partial charge on any atom is 0.323 e. The van der Waals surface area contributed by atoms with Crippen LogP contribution in [-0.4, -0.2) is 68.4 Å². The Kier molecular flexibility index (Phi) is 6.94. The van der Waals surface area contributed by atoms with Gasteiger partial charge in [-0.25, -0.2) is 4.79 Å². The first-order valence-electron chi connectivity index (χ1n) is 5.02. The molecule has 0 aliphatic carbocycles. The third-order valence-corrected chi connectivity index (χ3v) is 3.35. The summed E-state index contributed by atoms with van der Waals surface area (Å²) in [7, 11) is -1.13. The lowest BCUT2D eigenvalue weighted by molar-refractivity contribution is -0.140. The largest absolute Gasteiger partial charge is 0.480 e. The van der Waals surface area contributed by atoms with E-state index in [1.807, 2.05) is 0 Å². The number of carboxylic acid groups (broad SMARTS) is 2. The average molecular weight is 280 g/mol. The van der Waals surface area contributed by atoms with Gasteiger partial charge >= 0.3 is 18.0 Å². The molecule has 0 aromatic heterocycles. The topological polar surface area (TPSA) is 124 Å². The molecule has 0 fully saturated rings. The smallest absolute Gasteiger partial charge is 0.323 e. The normalized spacial score (nSPS) is 13.4. The zero-order valence-corrected chi connectivity index (χ0v) is 10.9. The molecule has 0 spiro atoms. The second kappa shape index (κ2) is 7.64. The number of hydrogen-bond acceptors (Lipinski definition) is 4. The van der Waals surface area contributed by atoms with Gasteiger partial charge in [0.2, 0.25) is 0 Å². The maximum absolute atomic E-state index is 11.5. The van der Waals surface area contributed by atoms with E-state index in [1.165, 1.54) is 6.26 Å². The van der Waals surface area contributed by atoms with Gasteiger partial charge in [-0.05, 0) is 6.92 Å². The SMILES string of the molecule is CC(CNC(=O)N(CC(=O)O)CC(=O)O)S(C)=O. The van der Waals surface area contributed by atoms with Crippen molar-refractivity contribution in [2.45, 2.75) is 12.2 Å². The van der Waals surface area contributed by atoms with E-state index < -0.39 is 41.9 Å². The molecule has 8 nitrogen and oxygen atoms in total. The van der Waals surface area contributed by atoms with Crippen molar-refractivity contribution >= 4 is 28.8 Å². The van der Waals surface area contributed by atoms with E-state index in [-0.39, 0.29) is 11.8 Å². The lowest BCUT2D eigenvalue weighted by atomic mass is 10.4. The Hall–Kier alpha value is -1.64. The Morgan fingerprint density at radius 1 is 1.22 bits per heavy atom. The molecule has 0 aromatic carbocycles. The molecule has 0 aliphatic heterocycles. The van der Waals surface area contributed by atoms with Crippen molar-refractivity contribution in [3.8, 4) is 0 Å². The predicted octanol–water partition coefficient (Wildman–Crippen LogP) is -1.07. The van der Waals surface area contributed by atoms with Gasteiger partial charge in [0.05, 0.1) is 0 Å². The zero-order chi connectivity index (χ0) is 14.3. The molecule has 0 bridgehead atoms. The number of rotatable bonds is 7. The molecule has 0 rings (SSSR count). The summed E-state index contributed by atoms with van der Waals surface area (Å²) in [6.45, 7) is 0.316. The molecule has 2 amide bonds. The number of hydrogen-bond donors (Lipinski definition) is 3. The molecule has 0 heterocycles. The predicted molar refractivity (Wildman–Crippen MR) is 63.8 cm³/mol. The van der Waals surface area contributed by atoms with Gasteiger partial charge in [0.25, 0.3) is 0 Å². The number of carbonyl (C=O) groups is 3. The van der Waals surface area contributed by atoms with Crippen molar-refractivity contribution in [3.05, 3.63) is 0 Å².